The first-order valence-corrected chi connectivity index (χ1v) is 7.23. The number of hydrogen-bond donors (Lipinski definition) is 0. The van der Waals surface area contributed by atoms with Gasteiger partial charge in [0.2, 0.25) is 11.8 Å². The fraction of sp³-hybridized carbons (Fsp3) is 0.667. The molecule has 0 spiro atoms. The molecule has 2 fully saturated rings. The minimum atomic E-state index is -0.755. The Labute approximate surface area is 117 Å². The van der Waals surface area contributed by atoms with Gasteiger partial charge >= 0.3 is 5.97 Å². The molecule has 20 heavy (non-hydrogen) atoms. The fourth-order valence-electron chi connectivity index (χ4n) is 3.99. The summed E-state index contributed by atoms with van der Waals surface area (Å²) in [6.07, 6.45) is 6.18. The Morgan fingerprint density at radius 2 is 1.85 bits per heavy atom. The SMILES string of the molecule is CCC[C@H](C(=O)OC)N1C(=O)[C@@H]2[C@H](C1=O)[C@@H]1C=C[C@H]2C1. The number of carbonyl (C=O) groups is 3. The highest BCUT2D eigenvalue weighted by Gasteiger charge is 2.61. The number of rotatable bonds is 4. The molecule has 1 heterocycles. The fourth-order valence-corrected chi connectivity index (χ4v) is 3.99. The van der Waals surface area contributed by atoms with Crippen molar-refractivity contribution >= 4 is 17.8 Å². The van der Waals surface area contributed by atoms with Crippen LogP contribution in [0.4, 0.5) is 0 Å². The summed E-state index contributed by atoms with van der Waals surface area (Å²) in [5.41, 5.74) is 0. The summed E-state index contributed by atoms with van der Waals surface area (Å²) in [5, 5.41) is 0. The standard InChI is InChI=1S/C15H19NO4/c1-3-4-10(15(19)20-2)16-13(17)11-8-5-6-9(7-8)12(11)14(16)18/h5-6,8-12H,3-4,7H2,1-2H3/t8-,9+,10-,11-,12+/m1/s1. The van der Waals surface area contributed by atoms with E-state index < -0.39 is 12.0 Å². The van der Waals surface area contributed by atoms with E-state index in [0.717, 1.165) is 12.8 Å². The van der Waals surface area contributed by atoms with Crippen LogP contribution in [0.15, 0.2) is 12.2 Å². The molecule has 2 amide bonds. The van der Waals surface area contributed by atoms with Crippen molar-refractivity contribution in [1.29, 1.82) is 0 Å². The zero-order valence-corrected chi connectivity index (χ0v) is 11.7. The van der Waals surface area contributed by atoms with Gasteiger partial charge < -0.3 is 4.74 Å². The van der Waals surface area contributed by atoms with E-state index in [1.165, 1.54) is 12.0 Å². The van der Waals surface area contributed by atoms with Crippen LogP contribution in [0, 0.1) is 23.7 Å². The summed E-state index contributed by atoms with van der Waals surface area (Å²) in [6, 6.07) is -0.755. The Bertz CT molecular complexity index is 468. The zero-order chi connectivity index (χ0) is 14.4. The second kappa shape index (κ2) is 4.72. The maximum atomic E-state index is 12.6. The maximum Gasteiger partial charge on any atom is 0.329 e. The number of methoxy groups -OCH3 is 1. The molecule has 0 radical (unpaired) electrons. The van der Waals surface area contributed by atoms with E-state index in [1.54, 1.807) is 0 Å². The summed E-state index contributed by atoms with van der Waals surface area (Å²) < 4.78 is 4.76. The molecule has 0 aromatic heterocycles. The second-order valence-corrected chi connectivity index (χ2v) is 5.87. The number of allylic oxidation sites excluding steroid dienone is 2. The lowest BCUT2D eigenvalue weighted by Crippen LogP contribution is -2.46. The smallest absolute Gasteiger partial charge is 0.329 e. The first kappa shape index (κ1) is 13.3. The van der Waals surface area contributed by atoms with Crippen LogP contribution >= 0.6 is 0 Å². The number of likely N-dealkylation sites (tertiary alicyclic amines) is 1. The van der Waals surface area contributed by atoms with E-state index in [1.807, 2.05) is 19.1 Å². The normalized spacial score (nSPS) is 35.6. The third-order valence-electron chi connectivity index (χ3n) is 4.85. The third-order valence-corrected chi connectivity index (χ3v) is 4.85. The van der Waals surface area contributed by atoms with Crippen molar-refractivity contribution in [2.75, 3.05) is 7.11 Å². The van der Waals surface area contributed by atoms with Crippen molar-refractivity contribution in [3.8, 4) is 0 Å². The van der Waals surface area contributed by atoms with Crippen LogP contribution in [-0.2, 0) is 19.1 Å². The lowest BCUT2D eigenvalue weighted by Gasteiger charge is -2.25. The molecular formula is C15H19NO4. The lowest BCUT2D eigenvalue weighted by atomic mass is 9.85. The van der Waals surface area contributed by atoms with Crippen molar-refractivity contribution in [1.82, 2.24) is 4.90 Å². The van der Waals surface area contributed by atoms with Gasteiger partial charge in [-0.1, -0.05) is 25.5 Å². The predicted octanol–water partition coefficient (Wildman–Crippen LogP) is 1.14. The van der Waals surface area contributed by atoms with Crippen LogP contribution in [0.5, 0.6) is 0 Å². The van der Waals surface area contributed by atoms with Gasteiger partial charge in [-0.2, -0.15) is 0 Å². The van der Waals surface area contributed by atoms with Gasteiger partial charge in [-0.15, -0.1) is 0 Å². The Kier molecular flexibility index (Phi) is 3.15. The summed E-state index contributed by atoms with van der Waals surface area (Å²) >= 11 is 0. The van der Waals surface area contributed by atoms with Crippen molar-refractivity contribution in [2.24, 2.45) is 23.7 Å². The quantitative estimate of drug-likeness (QED) is 0.439. The monoisotopic (exact) mass is 277 g/mol. The molecule has 1 saturated heterocycles. The summed E-state index contributed by atoms with van der Waals surface area (Å²) in [6.45, 7) is 1.92. The number of imide groups is 1. The van der Waals surface area contributed by atoms with Gasteiger partial charge in [0.05, 0.1) is 18.9 Å². The number of ether oxygens (including phenoxy) is 1. The maximum absolute atomic E-state index is 12.6. The molecule has 5 atom stereocenters. The molecule has 0 aromatic rings. The Morgan fingerprint density at radius 3 is 2.30 bits per heavy atom. The number of carbonyl (C=O) groups excluding carboxylic acids is 3. The van der Waals surface area contributed by atoms with E-state index in [-0.39, 0.29) is 35.5 Å². The first-order chi connectivity index (χ1) is 9.60. The third kappa shape index (κ3) is 1.65. The highest BCUT2D eigenvalue weighted by atomic mass is 16.5. The largest absolute Gasteiger partial charge is 0.467 e. The Balaban J connectivity index is 1.90. The van der Waals surface area contributed by atoms with Crippen LogP contribution in [-0.4, -0.2) is 35.8 Å². The molecule has 0 unspecified atom stereocenters. The van der Waals surface area contributed by atoms with Crippen LogP contribution in [0.1, 0.15) is 26.2 Å². The number of fused-ring (bicyclic) bond motifs is 5. The average molecular weight is 277 g/mol. The van der Waals surface area contributed by atoms with Crippen molar-refractivity contribution in [3.05, 3.63) is 12.2 Å². The van der Waals surface area contributed by atoms with Gasteiger partial charge in [0.15, 0.2) is 0 Å². The van der Waals surface area contributed by atoms with Crippen molar-refractivity contribution in [2.45, 2.75) is 32.2 Å². The van der Waals surface area contributed by atoms with E-state index in [0.29, 0.717) is 6.42 Å². The molecule has 5 nitrogen and oxygen atoms in total. The summed E-state index contributed by atoms with van der Waals surface area (Å²) in [4.78, 5) is 38.3. The van der Waals surface area contributed by atoms with E-state index in [9.17, 15) is 14.4 Å². The Morgan fingerprint density at radius 1 is 1.30 bits per heavy atom. The molecular weight excluding hydrogens is 258 g/mol. The molecule has 0 aromatic carbocycles. The van der Waals surface area contributed by atoms with Crippen molar-refractivity contribution < 1.29 is 19.1 Å². The molecule has 5 heteroatoms. The number of nitrogens with zero attached hydrogens (tertiary/aromatic N) is 1. The molecule has 1 saturated carbocycles. The summed E-state index contributed by atoms with van der Waals surface area (Å²) in [5.74, 6) is -1.00. The summed E-state index contributed by atoms with van der Waals surface area (Å²) in [7, 11) is 1.29. The molecule has 2 aliphatic carbocycles. The van der Waals surface area contributed by atoms with E-state index >= 15 is 0 Å². The molecule has 3 aliphatic rings. The minimum Gasteiger partial charge on any atom is -0.467 e. The molecule has 108 valence electrons. The molecule has 0 N–H and O–H groups in total. The second-order valence-electron chi connectivity index (χ2n) is 5.87. The van der Waals surface area contributed by atoms with Gasteiger partial charge in [0.1, 0.15) is 6.04 Å². The number of hydrogen-bond acceptors (Lipinski definition) is 4. The zero-order valence-electron chi connectivity index (χ0n) is 11.7. The highest BCUT2D eigenvalue weighted by Crippen LogP contribution is 2.53. The van der Waals surface area contributed by atoms with Gasteiger partial charge in [0, 0.05) is 0 Å². The van der Waals surface area contributed by atoms with E-state index in [4.69, 9.17) is 4.74 Å². The van der Waals surface area contributed by atoms with Gasteiger partial charge in [-0.25, -0.2) is 4.79 Å². The number of amides is 2. The van der Waals surface area contributed by atoms with Crippen LogP contribution in [0.25, 0.3) is 0 Å². The van der Waals surface area contributed by atoms with Gasteiger partial charge in [-0.05, 0) is 24.7 Å². The van der Waals surface area contributed by atoms with Crippen LogP contribution in [0.2, 0.25) is 0 Å². The lowest BCUT2D eigenvalue weighted by molar-refractivity contribution is -0.157. The van der Waals surface area contributed by atoms with Gasteiger partial charge in [-0.3, -0.25) is 14.5 Å². The topological polar surface area (TPSA) is 63.7 Å². The van der Waals surface area contributed by atoms with Gasteiger partial charge in [0.25, 0.3) is 0 Å². The Hall–Kier alpha value is -1.65. The molecule has 2 bridgehead atoms. The van der Waals surface area contributed by atoms with E-state index in [2.05, 4.69) is 0 Å². The van der Waals surface area contributed by atoms with Crippen LogP contribution in [0.3, 0.4) is 0 Å². The predicted molar refractivity (Wildman–Crippen MR) is 70.3 cm³/mol. The minimum absolute atomic E-state index is 0.173. The first-order valence-electron chi connectivity index (χ1n) is 7.23. The van der Waals surface area contributed by atoms with Crippen molar-refractivity contribution in [3.63, 3.8) is 0 Å². The highest BCUT2D eigenvalue weighted by molar-refractivity contribution is 6.08. The van der Waals surface area contributed by atoms with Crippen LogP contribution < -0.4 is 0 Å². The number of esters is 1. The molecule has 1 aliphatic heterocycles. The molecule has 3 rings (SSSR count). The average Bonchev–Trinajstić information content (AvgIpc) is 3.11.